The maximum Gasteiger partial charge on any atom is 0.146 e. The summed E-state index contributed by atoms with van der Waals surface area (Å²) in [6.07, 6.45) is 9.75. The maximum absolute atomic E-state index is 5.55. The standard InChI is InChI=1S/C20H23N3O/c1-12-6-4-7-14-13(2)22-18(20(12)14)10-17-19(24-3)11-16(23-17)15-8-5-9-21-15/h5,8-12,21-22H,4,6-7H2,1-3H3/b17-10+/t12-/m1/s1. The van der Waals surface area contributed by atoms with Crippen LogP contribution in [0.4, 0.5) is 0 Å². The third-order valence-electron chi connectivity index (χ3n) is 5.08. The molecule has 3 heterocycles. The molecule has 0 radical (unpaired) electrons. The van der Waals surface area contributed by atoms with Crippen molar-refractivity contribution in [3.05, 3.63) is 64.1 Å². The highest BCUT2D eigenvalue weighted by molar-refractivity contribution is 6.11. The lowest BCUT2D eigenvalue weighted by atomic mass is 9.84. The Hall–Kier alpha value is -2.49. The van der Waals surface area contributed by atoms with Crippen LogP contribution in [0.15, 0.2) is 40.9 Å². The highest BCUT2D eigenvalue weighted by Gasteiger charge is 2.24. The van der Waals surface area contributed by atoms with Crippen LogP contribution in [0.1, 0.15) is 53.9 Å². The number of aliphatic imine (C=N–C) groups is 1. The molecule has 0 spiro atoms. The molecule has 2 aliphatic rings. The fourth-order valence-electron chi connectivity index (χ4n) is 3.88. The molecule has 1 aliphatic heterocycles. The summed E-state index contributed by atoms with van der Waals surface area (Å²) in [4.78, 5) is 11.5. The zero-order valence-electron chi connectivity index (χ0n) is 14.4. The van der Waals surface area contributed by atoms with Gasteiger partial charge in [0.05, 0.1) is 18.5 Å². The predicted molar refractivity (Wildman–Crippen MR) is 97.3 cm³/mol. The van der Waals surface area contributed by atoms with Gasteiger partial charge < -0.3 is 14.7 Å². The third kappa shape index (κ3) is 2.42. The number of nitrogens with one attached hydrogen (secondary N) is 2. The number of ether oxygens (including phenoxy) is 1. The molecule has 4 nitrogen and oxygen atoms in total. The molecule has 2 aromatic rings. The summed E-state index contributed by atoms with van der Waals surface area (Å²) in [6, 6.07) is 4.00. The van der Waals surface area contributed by atoms with E-state index in [1.807, 2.05) is 24.4 Å². The summed E-state index contributed by atoms with van der Waals surface area (Å²) in [7, 11) is 1.70. The maximum atomic E-state index is 5.55. The molecule has 0 aromatic carbocycles. The summed E-state index contributed by atoms with van der Waals surface area (Å²) >= 11 is 0. The first kappa shape index (κ1) is 15.1. The lowest BCUT2D eigenvalue weighted by Crippen LogP contribution is -2.06. The van der Waals surface area contributed by atoms with Crippen molar-refractivity contribution < 1.29 is 4.74 Å². The van der Waals surface area contributed by atoms with Crippen molar-refractivity contribution in [1.82, 2.24) is 9.97 Å². The number of allylic oxidation sites excluding steroid dienone is 1. The van der Waals surface area contributed by atoms with E-state index in [0.717, 1.165) is 22.9 Å². The van der Waals surface area contributed by atoms with Gasteiger partial charge in [-0.25, -0.2) is 4.99 Å². The Bertz CT molecular complexity index is 850. The number of nitrogens with zero attached hydrogens (tertiary/aromatic N) is 1. The topological polar surface area (TPSA) is 53.2 Å². The Morgan fingerprint density at radius 3 is 3.00 bits per heavy atom. The fraction of sp³-hybridized carbons (Fsp3) is 0.350. The van der Waals surface area contributed by atoms with Crippen molar-refractivity contribution in [3.63, 3.8) is 0 Å². The normalized spacial score (nSPS) is 21.6. The molecule has 0 saturated carbocycles. The molecule has 2 N–H and O–H groups in total. The van der Waals surface area contributed by atoms with Gasteiger partial charge in [0.1, 0.15) is 11.5 Å². The van der Waals surface area contributed by atoms with E-state index < -0.39 is 0 Å². The summed E-state index contributed by atoms with van der Waals surface area (Å²) in [5.74, 6) is 1.40. The Morgan fingerprint density at radius 1 is 1.38 bits per heavy atom. The van der Waals surface area contributed by atoms with Gasteiger partial charge >= 0.3 is 0 Å². The fourth-order valence-corrected chi connectivity index (χ4v) is 3.88. The van der Waals surface area contributed by atoms with E-state index in [1.54, 1.807) is 7.11 Å². The van der Waals surface area contributed by atoms with E-state index in [1.165, 1.54) is 41.8 Å². The zero-order valence-corrected chi connectivity index (χ0v) is 14.4. The van der Waals surface area contributed by atoms with Gasteiger partial charge in [0, 0.05) is 23.7 Å². The Labute approximate surface area is 142 Å². The van der Waals surface area contributed by atoms with E-state index in [-0.39, 0.29) is 0 Å². The van der Waals surface area contributed by atoms with Crippen LogP contribution < -0.4 is 0 Å². The molecule has 4 heteroatoms. The van der Waals surface area contributed by atoms with Crippen LogP contribution in [0.25, 0.3) is 6.08 Å². The smallest absolute Gasteiger partial charge is 0.146 e. The lowest BCUT2D eigenvalue weighted by Gasteiger charge is -2.20. The SMILES string of the molecule is COC1=CC(c2ccc[nH]2)=N/C1=C/c1[nH]c(C)c2c1[C@H](C)CCC2. The second-order valence-electron chi connectivity index (χ2n) is 6.67. The summed E-state index contributed by atoms with van der Waals surface area (Å²) in [5, 5.41) is 0. The molecular weight excluding hydrogens is 298 g/mol. The Balaban J connectivity index is 1.77. The Morgan fingerprint density at radius 2 is 2.25 bits per heavy atom. The molecule has 1 aliphatic carbocycles. The molecule has 0 unspecified atom stereocenters. The van der Waals surface area contributed by atoms with Crippen molar-refractivity contribution in [2.45, 2.75) is 39.0 Å². The van der Waals surface area contributed by atoms with E-state index >= 15 is 0 Å². The van der Waals surface area contributed by atoms with Crippen LogP contribution >= 0.6 is 0 Å². The number of hydrogen-bond acceptors (Lipinski definition) is 2. The van der Waals surface area contributed by atoms with Crippen LogP contribution in [0.3, 0.4) is 0 Å². The van der Waals surface area contributed by atoms with Crippen molar-refractivity contribution in [3.8, 4) is 0 Å². The molecule has 0 bridgehead atoms. The molecule has 0 fully saturated rings. The Kier molecular flexibility index (Phi) is 3.68. The van der Waals surface area contributed by atoms with Gasteiger partial charge in [0.2, 0.25) is 0 Å². The van der Waals surface area contributed by atoms with Crippen molar-refractivity contribution in [2.75, 3.05) is 7.11 Å². The molecule has 1 atom stereocenters. The molecular formula is C20H23N3O. The number of rotatable bonds is 3. The van der Waals surface area contributed by atoms with E-state index in [0.29, 0.717) is 5.92 Å². The first-order valence-electron chi connectivity index (χ1n) is 8.59. The second kappa shape index (κ2) is 5.86. The highest BCUT2D eigenvalue weighted by atomic mass is 16.5. The van der Waals surface area contributed by atoms with Crippen LogP contribution in [0.5, 0.6) is 0 Å². The number of H-pyrrole nitrogens is 2. The molecule has 0 saturated heterocycles. The van der Waals surface area contributed by atoms with E-state index in [4.69, 9.17) is 9.73 Å². The molecule has 4 rings (SSSR count). The second-order valence-corrected chi connectivity index (χ2v) is 6.67. The van der Waals surface area contributed by atoms with Gasteiger partial charge in [-0.15, -0.1) is 0 Å². The largest absolute Gasteiger partial charge is 0.494 e. The predicted octanol–water partition coefficient (Wildman–Crippen LogP) is 4.47. The van der Waals surface area contributed by atoms with Gasteiger partial charge in [-0.05, 0) is 61.4 Å². The summed E-state index contributed by atoms with van der Waals surface area (Å²) < 4.78 is 5.55. The molecule has 124 valence electrons. The van der Waals surface area contributed by atoms with E-state index in [9.17, 15) is 0 Å². The number of methoxy groups -OCH3 is 1. The molecule has 0 amide bonds. The van der Waals surface area contributed by atoms with Gasteiger partial charge in [0.15, 0.2) is 0 Å². The van der Waals surface area contributed by atoms with Crippen molar-refractivity contribution in [1.29, 1.82) is 0 Å². The minimum Gasteiger partial charge on any atom is -0.494 e. The van der Waals surface area contributed by atoms with Crippen molar-refractivity contribution in [2.24, 2.45) is 4.99 Å². The van der Waals surface area contributed by atoms with Gasteiger partial charge in [-0.1, -0.05) is 6.92 Å². The molecule has 24 heavy (non-hydrogen) atoms. The van der Waals surface area contributed by atoms with Gasteiger partial charge in [-0.2, -0.15) is 0 Å². The number of aromatic amines is 2. The average Bonchev–Trinajstić information content (AvgIpc) is 3.28. The van der Waals surface area contributed by atoms with Gasteiger partial charge in [0.25, 0.3) is 0 Å². The quantitative estimate of drug-likeness (QED) is 0.861. The number of aryl methyl sites for hydroxylation is 1. The highest BCUT2D eigenvalue weighted by Crippen LogP contribution is 2.37. The van der Waals surface area contributed by atoms with Crippen molar-refractivity contribution >= 4 is 11.8 Å². The third-order valence-corrected chi connectivity index (χ3v) is 5.08. The summed E-state index contributed by atoms with van der Waals surface area (Å²) in [6.45, 7) is 4.50. The number of fused-ring (bicyclic) bond motifs is 1. The van der Waals surface area contributed by atoms with Crippen LogP contribution in [-0.2, 0) is 11.2 Å². The minimum atomic E-state index is 0.591. The lowest BCUT2D eigenvalue weighted by molar-refractivity contribution is 0.303. The molecule has 2 aromatic heterocycles. The van der Waals surface area contributed by atoms with Crippen LogP contribution in [-0.4, -0.2) is 22.8 Å². The minimum absolute atomic E-state index is 0.591. The number of hydrogen-bond donors (Lipinski definition) is 2. The number of aromatic nitrogens is 2. The van der Waals surface area contributed by atoms with E-state index in [2.05, 4.69) is 29.9 Å². The van der Waals surface area contributed by atoms with Gasteiger partial charge in [-0.3, -0.25) is 0 Å². The van der Waals surface area contributed by atoms with Crippen LogP contribution in [0.2, 0.25) is 0 Å². The first-order chi connectivity index (χ1) is 11.7. The van der Waals surface area contributed by atoms with Crippen LogP contribution in [0, 0.1) is 6.92 Å². The zero-order chi connectivity index (χ0) is 16.7. The first-order valence-corrected chi connectivity index (χ1v) is 8.59. The summed E-state index contributed by atoms with van der Waals surface area (Å²) in [5.41, 5.74) is 8.23. The monoisotopic (exact) mass is 321 g/mol. The average molecular weight is 321 g/mol.